The largest absolute Gasteiger partial charge is 0.497 e. The second-order valence-corrected chi connectivity index (χ2v) is 6.38. The van der Waals surface area contributed by atoms with Crippen molar-refractivity contribution in [2.45, 2.75) is 0 Å². The van der Waals surface area contributed by atoms with E-state index in [4.69, 9.17) is 28.6 Å². The molecule has 0 radical (unpaired) electrons. The molecule has 24 heavy (non-hydrogen) atoms. The lowest BCUT2D eigenvalue weighted by molar-refractivity contribution is 0.391. The number of para-hydroxylation sites is 1. The molecule has 126 valence electrons. The number of nitrogens with one attached hydrogen (secondary N) is 1. The highest BCUT2D eigenvalue weighted by atomic mass is 35.5. The Hall–Kier alpha value is -1.98. The number of hydrogen-bond acceptors (Lipinski definition) is 3. The molecular weight excluding hydrogens is 342 g/mol. The van der Waals surface area contributed by atoms with E-state index in [9.17, 15) is 0 Å². The van der Waals surface area contributed by atoms with Crippen molar-refractivity contribution in [3.63, 3.8) is 0 Å². The number of benzene rings is 2. The SMILES string of the molecule is COc1ccc(NC(=S)N2CCN(c3ccccc3Cl)CC2)cc1. The third kappa shape index (κ3) is 3.91. The quantitative estimate of drug-likeness (QED) is 0.838. The molecule has 4 nitrogen and oxygen atoms in total. The molecule has 0 atom stereocenters. The number of nitrogens with zero attached hydrogens (tertiary/aromatic N) is 2. The molecule has 1 aliphatic rings. The van der Waals surface area contributed by atoms with E-state index in [0.29, 0.717) is 0 Å². The molecule has 0 aromatic heterocycles. The first-order valence-electron chi connectivity index (χ1n) is 7.87. The summed E-state index contributed by atoms with van der Waals surface area (Å²) in [6.07, 6.45) is 0. The van der Waals surface area contributed by atoms with Crippen LogP contribution in [0.2, 0.25) is 5.02 Å². The van der Waals surface area contributed by atoms with Crippen molar-refractivity contribution in [3.05, 3.63) is 53.6 Å². The van der Waals surface area contributed by atoms with Crippen LogP contribution in [-0.4, -0.2) is 43.3 Å². The van der Waals surface area contributed by atoms with E-state index >= 15 is 0 Å². The van der Waals surface area contributed by atoms with Crippen LogP contribution >= 0.6 is 23.8 Å². The number of anilines is 2. The predicted molar refractivity (Wildman–Crippen MR) is 104 cm³/mol. The van der Waals surface area contributed by atoms with Crippen LogP contribution in [0.3, 0.4) is 0 Å². The van der Waals surface area contributed by atoms with Gasteiger partial charge in [0.15, 0.2) is 5.11 Å². The van der Waals surface area contributed by atoms with E-state index in [1.165, 1.54) is 0 Å². The molecule has 0 spiro atoms. The molecule has 1 saturated heterocycles. The standard InChI is InChI=1S/C18H20ClN3OS/c1-23-15-8-6-14(7-9-15)20-18(24)22-12-10-21(11-13-22)17-5-3-2-4-16(17)19/h2-9H,10-13H2,1H3,(H,20,24). The van der Waals surface area contributed by atoms with Gasteiger partial charge in [-0.25, -0.2) is 0 Å². The first-order valence-corrected chi connectivity index (χ1v) is 8.65. The topological polar surface area (TPSA) is 27.7 Å². The van der Waals surface area contributed by atoms with Crippen LogP contribution in [0, 0.1) is 0 Å². The molecule has 1 fully saturated rings. The van der Waals surface area contributed by atoms with E-state index in [1.54, 1.807) is 7.11 Å². The zero-order valence-electron chi connectivity index (χ0n) is 13.5. The van der Waals surface area contributed by atoms with Gasteiger partial charge in [0.2, 0.25) is 0 Å². The van der Waals surface area contributed by atoms with E-state index in [1.807, 2.05) is 42.5 Å². The zero-order valence-corrected chi connectivity index (χ0v) is 15.1. The lowest BCUT2D eigenvalue weighted by Crippen LogP contribution is -2.50. The van der Waals surface area contributed by atoms with Crippen LogP contribution < -0.4 is 15.0 Å². The monoisotopic (exact) mass is 361 g/mol. The molecule has 2 aromatic rings. The summed E-state index contributed by atoms with van der Waals surface area (Å²) in [5.74, 6) is 0.833. The molecule has 1 N–H and O–H groups in total. The summed E-state index contributed by atoms with van der Waals surface area (Å²) in [5, 5.41) is 4.83. The van der Waals surface area contributed by atoms with Gasteiger partial charge in [0.1, 0.15) is 5.75 Å². The average Bonchev–Trinajstić information content (AvgIpc) is 2.63. The normalized spacial score (nSPS) is 14.4. The van der Waals surface area contributed by atoms with Crippen molar-refractivity contribution in [1.29, 1.82) is 0 Å². The second-order valence-electron chi connectivity index (χ2n) is 5.58. The summed E-state index contributed by atoms with van der Waals surface area (Å²) in [7, 11) is 1.66. The molecule has 2 aromatic carbocycles. The second kappa shape index (κ2) is 7.73. The van der Waals surface area contributed by atoms with Crippen LogP contribution in [0.15, 0.2) is 48.5 Å². The van der Waals surface area contributed by atoms with E-state index in [2.05, 4.69) is 21.2 Å². The maximum absolute atomic E-state index is 6.28. The summed E-state index contributed by atoms with van der Waals surface area (Å²) in [6.45, 7) is 3.53. The molecule has 1 aliphatic heterocycles. The van der Waals surface area contributed by atoms with Gasteiger partial charge in [-0.1, -0.05) is 23.7 Å². The zero-order chi connectivity index (χ0) is 16.9. The van der Waals surface area contributed by atoms with Gasteiger partial charge >= 0.3 is 0 Å². The van der Waals surface area contributed by atoms with Crippen molar-refractivity contribution in [2.75, 3.05) is 43.5 Å². The van der Waals surface area contributed by atoms with Crippen molar-refractivity contribution in [3.8, 4) is 5.75 Å². The van der Waals surface area contributed by atoms with Crippen LogP contribution in [0.4, 0.5) is 11.4 Å². The number of hydrogen-bond donors (Lipinski definition) is 1. The predicted octanol–water partition coefficient (Wildman–Crippen LogP) is 3.87. The first kappa shape index (κ1) is 16.9. The van der Waals surface area contributed by atoms with E-state index in [-0.39, 0.29) is 0 Å². The number of piperazine rings is 1. The van der Waals surface area contributed by atoms with Crippen LogP contribution in [0.25, 0.3) is 0 Å². The van der Waals surface area contributed by atoms with Gasteiger partial charge in [0, 0.05) is 31.9 Å². The molecule has 3 rings (SSSR count). The van der Waals surface area contributed by atoms with Gasteiger partial charge in [0.05, 0.1) is 17.8 Å². The molecule has 0 bridgehead atoms. The Morgan fingerprint density at radius 2 is 1.71 bits per heavy atom. The van der Waals surface area contributed by atoms with Gasteiger partial charge in [-0.05, 0) is 48.6 Å². The molecular formula is C18H20ClN3OS. The van der Waals surface area contributed by atoms with Gasteiger partial charge in [-0.3, -0.25) is 0 Å². The summed E-state index contributed by atoms with van der Waals surface area (Å²) in [4.78, 5) is 4.49. The van der Waals surface area contributed by atoms with Gasteiger partial charge in [-0.2, -0.15) is 0 Å². The van der Waals surface area contributed by atoms with E-state index < -0.39 is 0 Å². The molecule has 0 amide bonds. The number of halogens is 1. The van der Waals surface area contributed by atoms with Crippen LogP contribution in [0.1, 0.15) is 0 Å². The Balaban J connectivity index is 1.56. The number of rotatable bonds is 3. The lowest BCUT2D eigenvalue weighted by Gasteiger charge is -2.37. The van der Waals surface area contributed by atoms with Crippen molar-refractivity contribution in [2.24, 2.45) is 0 Å². The van der Waals surface area contributed by atoms with Gasteiger partial charge in [-0.15, -0.1) is 0 Å². The first-order chi connectivity index (χ1) is 11.7. The fourth-order valence-electron chi connectivity index (χ4n) is 2.74. The number of ether oxygens (including phenoxy) is 1. The number of thiocarbonyl (C=S) groups is 1. The van der Waals surface area contributed by atoms with Crippen molar-refractivity contribution >= 4 is 40.3 Å². The highest BCUT2D eigenvalue weighted by Crippen LogP contribution is 2.26. The van der Waals surface area contributed by atoms with Gasteiger partial charge < -0.3 is 19.9 Å². The Labute approximate surface area is 153 Å². The smallest absolute Gasteiger partial charge is 0.173 e. The summed E-state index contributed by atoms with van der Waals surface area (Å²) >= 11 is 11.8. The Kier molecular flexibility index (Phi) is 5.43. The molecule has 0 saturated carbocycles. The lowest BCUT2D eigenvalue weighted by atomic mass is 10.2. The highest BCUT2D eigenvalue weighted by Gasteiger charge is 2.20. The third-order valence-electron chi connectivity index (χ3n) is 4.10. The van der Waals surface area contributed by atoms with Crippen molar-refractivity contribution < 1.29 is 4.74 Å². The van der Waals surface area contributed by atoms with Crippen LogP contribution in [-0.2, 0) is 0 Å². The highest BCUT2D eigenvalue weighted by molar-refractivity contribution is 7.80. The molecule has 0 unspecified atom stereocenters. The molecule has 6 heteroatoms. The summed E-state index contributed by atoms with van der Waals surface area (Å²) < 4.78 is 5.17. The molecule has 1 heterocycles. The molecule has 0 aliphatic carbocycles. The summed E-state index contributed by atoms with van der Waals surface area (Å²) in [5.41, 5.74) is 2.06. The fourth-order valence-corrected chi connectivity index (χ4v) is 3.29. The minimum absolute atomic E-state index is 0.749. The Morgan fingerprint density at radius 1 is 1.04 bits per heavy atom. The minimum Gasteiger partial charge on any atom is -0.497 e. The van der Waals surface area contributed by atoms with Gasteiger partial charge in [0.25, 0.3) is 0 Å². The Bertz CT molecular complexity index is 700. The maximum Gasteiger partial charge on any atom is 0.173 e. The summed E-state index contributed by atoms with van der Waals surface area (Å²) in [6, 6.07) is 15.7. The number of methoxy groups -OCH3 is 1. The minimum atomic E-state index is 0.749. The maximum atomic E-state index is 6.28. The fraction of sp³-hybridized carbons (Fsp3) is 0.278. The van der Waals surface area contributed by atoms with Crippen LogP contribution in [0.5, 0.6) is 5.75 Å². The average molecular weight is 362 g/mol. The van der Waals surface area contributed by atoms with Crippen molar-refractivity contribution in [1.82, 2.24) is 4.90 Å². The Morgan fingerprint density at radius 3 is 2.33 bits per heavy atom. The third-order valence-corrected chi connectivity index (χ3v) is 4.78. The van der Waals surface area contributed by atoms with E-state index in [0.717, 1.165) is 53.4 Å².